The highest BCUT2D eigenvalue weighted by molar-refractivity contribution is 5.96. The van der Waals surface area contributed by atoms with Crippen molar-refractivity contribution in [2.75, 3.05) is 6.54 Å². The fourth-order valence-corrected chi connectivity index (χ4v) is 4.13. The van der Waals surface area contributed by atoms with Gasteiger partial charge in [-0.3, -0.25) is 4.79 Å². The zero-order valence-corrected chi connectivity index (χ0v) is 17.2. The average Bonchev–Trinajstić information content (AvgIpc) is 3.17. The third-order valence-corrected chi connectivity index (χ3v) is 5.70. The van der Waals surface area contributed by atoms with E-state index in [1.807, 2.05) is 60.8 Å². The van der Waals surface area contributed by atoms with Crippen LogP contribution in [0, 0.1) is 0 Å². The summed E-state index contributed by atoms with van der Waals surface area (Å²) in [5.41, 5.74) is 11.6. The maximum Gasteiger partial charge on any atom is 0.275 e. The molecule has 0 radical (unpaired) electrons. The number of benzene rings is 3. The number of aromatic amines is 1. The fraction of sp³-hybridized carbons (Fsp3) is 0.154. The van der Waals surface area contributed by atoms with Gasteiger partial charge in [-0.25, -0.2) is 4.98 Å². The highest BCUT2D eigenvalue weighted by atomic mass is 16.1. The van der Waals surface area contributed by atoms with E-state index in [1.165, 1.54) is 0 Å². The molecule has 0 fully saturated rings. The molecule has 0 aliphatic carbocycles. The molecular weight excluding hydrogens is 384 g/mol. The predicted octanol–water partition coefficient (Wildman–Crippen LogP) is 4.95. The minimum Gasteiger partial charge on any atom is -0.347 e. The van der Waals surface area contributed by atoms with Crippen molar-refractivity contribution in [1.82, 2.24) is 14.5 Å². The summed E-state index contributed by atoms with van der Waals surface area (Å²) in [5, 5.41) is 1.04. The van der Waals surface area contributed by atoms with Gasteiger partial charge in [0.2, 0.25) is 0 Å². The Morgan fingerprint density at radius 1 is 0.903 bits per heavy atom. The topological polar surface area (TPSA) is 76.7 Å². The maximum absolute atomic E-state index is 13.1. The summed E-state index contributed by atoms with van der Waals surface area (Å²) in [7, 11) is 0. The molecule has 0 atom stereocenters. The first-order chi connectivity index (χ1) is 15.2. The molecule has 0 saturated heterocycles. The number of hydrogen-bond acceptors (Lipinski definition) is 3. The van der Waals surface area contributed by atoms with Crippen molar-refractivity contribution in [3.8, 4) is 22.4 Å². The van der Waals surface area contributed by atoms with Gasteiger partial charge < -0.3 is 15.3 Å². The van der Waals surface area contributed by atoms with E-state index in [0.717, 1.165) is 58.0 Å². The lowest BCUT2D eigenvalue weighted by Gasteiger charge is -2.05. The molecule has 0 aliphatic rings. The molecule has 3 N–H and O–H groups in total. The van der Waals surface area contributed by atoms with Crippen molar-refractivity contribution < 1.29 is 0 Å². The quantitative estimate of drug-likeness (QED) is 0.390. The molecule has 0 bridgehead atoms. The van der Waals surface area contributed by atoms with Crippen LogP contribution < -0.4 is 11.3 Å². The molecule has 0 aliphatic heterocycles. The summed E-state index contributed by atoms with van der Waals surface area (Å²) in [6.07, 6.45) is 4.02. The lowest BCUT2D eigenvalue weighted by atomic mass is 10.0. The van der Waals surface area contributed by atoms with Gasteiger partial charge >= 0.3 is 0 Å². The van der Waals surface area contributed by atoms with Gasteiger partial charge in [0, 0.05) is 29.2 Å². The zero-order chi connectivity index (χ0) is 21.2. The SMILES string of the molecule is NCCCCn1cc(-c2nc3ccc(-c4ccccc4)cc3[nH]c2=O)c2ccccc21. The average molecular weight is 409 g/mol. The Morgan fingerprint density at radius 3 is 2.55 bits per heavy atom. The first-order valence-corrected chi connectivity index (χ1v) is 10.6. The lowest BCUT2D eigenvalue weighted by Crippen LogP contribution is -2.11. The monoisotopic (exact) mass is 408 g/mol. The van der Waals surface area contributed by atoms with Crippen LogP contribution in [0.5, 0.6) is 0 Å². The van der Waals surface area contributed by atoms with Gasteiger partial charge in [-0.2, -0.15) is 0 Å². The second-order valence-corrected chi connectivity index (χ2v) is 7.76. The van der Waals surface area contributed by atoms with Crippen molar-refractivity contribution in [2.45, 2.75) is 19.4 Å². The smallest absolute Gasteiger partial charge is 0.275 e. The van der Waals surface area contributed by atoms with Crippen LogP contribution >= 0.6 is 0 Å². The van der Waals surface area contributed by atoms with Crippen molar-refractivity contribution in [3.63, 3.8) is 0 Å². The van der Waals surface area contributed by atoms with Crippen LogP contribution in [0.25, 0.3) is 44.3 Å². The number of fused-ring (bicyclic) bond motifs is 2. The minimum atomic E-state index is -0.178. The summed E-state index contributed by atoms with van der Waals surface area (Å²) < 4.78 is 2.20. The molecule has 5 heteroatoms. The Morgan fingerprint density at radius 2 is 1.71 bits per heavy atom. The van der Waals surface area contributed by atoms with E-state index >= 15 is 0 Å². The Labute approximate surface area is 180 Å². The summed E-state index contributed by atoms with van der Waals surface area (Å²) in [6, 6.07) is 24.3. The third-order valence-electron chi connectivity index (χ3n) is 5.70. The molecule has 2 aromatic heterocycles. The molecule has 0 saturated carbocycles. The van der Waals surface area contributed by atoms with E-state index in [-0.39, 0.29) is 5.56 Å². The van der Waals surface area contributed by atoms with Crippen molar-refractivity contribution >= 4 is 21.9 Å². The fourth-order valence-electron chi connectivity index (χ4n) is 4.13. The lowest BCUT2D eigenvalue weighted by molar-refractivity contribution is 0.631. The first-order valence-electron chi connectivity index (χ1n) is 10.6. The normalized spacial score (nSPS) is 11.4. The standard InChI is InChI=1S/C26H24N4O/c27-14-6-7-15-30-17-21(20-10-4-5-11-24(20)30)25-26(31)29-23-16-19(12-13-22(23)28-25)18-8-2-1-3-9-18/h1-5,8-13,16-17H,6-7,14-15,27H2,(H,29,31). The molecule has 0 amide bonds. The van der Waals surface area contributed by atoms with Crippen LogP contribution in [-0.4, -0.2) is 21.1 Å². The number of nitrogens with two attached hydrogens (primary N) is 1. The van der Waals surface area contributed by atoms with Crippen LogP contribution in [0.15, 0.2) is 83.8 Å². The molecule has 3 aromatic carbocycles. The van der Waals surface area contributed by atoms with E-state index in [2.05, 4.69) is 27.8 Å². The summed E-state index contributed by atoms with van der Waals surface area (Å²) >= 11 is 0. The molecule has 5 rings (SSSR count). The van der Waals surface area contributed by atoms with E-state index in [1.54, 1.807) is 0 Å². The number of para-hydroxylation sites is 1. The Balaban J connectivity index is 1.61. The van der Waals surface area contributed by atoms with Crippen LogP contribution in [0.3, 0.4) is 0 Å². The van der Waals surface area contributed by atoms with Crippen molar-refractivity contribution in [3.05, 3.63) is 89.3 Å². The van der Waals surface area contributed by atoms with Gasteiger partial charge in [-0.15, -0.1) is 0 Å². The molecule has 154 valence electrons. The third kappa shape index (κ3) is 3.64. The summed E-state index contributed by atoms with van der Waals surface area (Å²) in [4.78, 5) is 20.9. The molecular formula is C26H24N4O. The number of unbranched alkanes of at least 4 members (excludes halogenated alkanes) is 1. The van der Waals surface area contributed by atoms with E-state index < -0.39 is 0 Å². The van der Waals surface area contributed by atoms with Gasteiger partial charge in [0.25, 0.3) is 5.56 Å². The molecule has 0 spiro atoms. The number of rotatable bonds is 6. The molecule has 5 aromatic rings. The van der Waals surface area contributed by atoms with Gasteiger partial charge in [0.05, 0.1) is 11.0 Å². The zero-order valence-electron chi connectivity index (χ0n) is 17.2. The Kier molecular flexibility index (Phi) is 5.10. The van der Waals surface area contributed by atoms with Crippen LogP contribution in [-0.2, 0) is 6.54 Å². The number of nitrogens with one attached hydrogen (secondary N) is 1. The van der Waals surface area contributed by atoms with Crippen LogP contribution in [0.4, 0.5) is 0 Å². The van der Waals surface area contributed by atoms with E-state index in [4.69, 9.17) is 10.7 Å². The largest absolute Gasteiger partial charge is 0.347 e. The number of aromatic nitrogens is 3. The minimum absolute atomic E-state index is 0.178. The van der Waals surface area contributed by atoms with Crippen molar-refractivity contribution in [2.24, 2.45) is 5.73 Å². The second kappa shape index (κ2) is 8.20. The van der Waals surface area contributed by atoms with Gasteiger partial charge in [0.15, 0.2) is 0 Å². The van der Waals surface area contributed by atoms with Crippen molar-refractivity contribution in [1.29, 1.82) is 0 Å². The van der Waals surface area contributed by atoms with Gasteiger partial charge in [0.1, 0.15) is 5.69 Å². The molecule has 5 nitrogen and oxygen atoms in total. The molecule has 0 unspecified atom stereocenters. The maximum atomic E-state index is 13.1. The highest BCUT2D eigenvalue weighted by Crippen LogP contribution is 2.29. The van der Waals surface area contributed by atoms with E-state index in [0.29, 0.717) is 12.2 Å². The number of H-pyrrole nitrogens is 1. The van der Waals surface area contributed by atoms with Gasteiger partial charge in [-0.1, -0.05) is 54.6 Å². The highest BCUT2D eigenvalue weighted by Gasteiger charge is 2.15. The molecule has 2 heterocycles. The Hall–Kier alpha value is -3.70. The van der Waals surface area contributed by atoms with Gasteiger partial charge in [-0.05, 0) is 48.7 Å². The number of hydrogen-bond donors (Lipinski definition) is 2. The summed E-state index contributed by atoms with van der Waals surface area (Å²) in [6.45, 7) is 1.55. The Bertz CT molecular complexity index is 1420. The number of nitrogens with zero attached hydrogens (tertiary/aromatic N) is 2. The number of aryl methyl sites for hydroxylation is 1. The first kappa shape index (κ1) is 19.3. The van der Waals surface area contributed by atoms with E-state index in [9.17, 15) is 4.79 Å². The predicted molar refractivity (Wildman–Crippen MR) is 127 cm³/mol. The molecule has 31 heavy (non-hydrogen) atoms. The second-order valence-electron chi connectivity index (χ2n) is 7.76. The van der Waals surface area contributed by atoms with Crippen LogP contribution in [0.1, 0.15) is 12.8 Å². The summed E-state index contributed by atoms with van der Waals surface area (Å²) in [5.74, 6) is 0. The van der Waals surface area contributed by atoms with Crippen LogP contribution in [0.2, 0.25) is 0 Å².